The molecule has 1 N–H and O–H groups in total. The number of nitriles is 1. The molecule has 1 atom stereocenters. The maximum Gasteiger partial charge on any atom is 0.269 e. The van der Waals surface area contributed by atoms with Crippen molar-refractivity contribution >= 4 is 17.6 Å². The number of benzene rings is 1. The van der Waals surface area contributed by atoms with Gasteiger partial charge in [-0.1, -0.05) is 24.3 Å². The standard InChI is InChI=1S/C23H20N4O4/c24-14-16(21(28)25-15-18-9-6-12-30-18)13-19-22(31-17-7-2-1-3-8-17)26-20-10-4-5-11-27(20)23(19)29/h1-5,7-8,10-11,13,18H,6,9,12,15H2,(H,25,28)/b16-13+/t18-/m0/s1. The molecule has 0 radical (unpaired) electrons. The predicted octanol–water partition coefficient (Wildman–Crippen LogP) is 2.69. The number of nitrogens with zero attached hydrogens (tertiary/aromatic N) is 3. The SMILES string of the molecule is N#C/C(=C\c1c(Oc2ccccc2)nc2ccccn2c1=O)C(=O)NC[C@@H]1CCCO1. The Bertz CT molecular complexity index is 1220. The minimum atomic E-state index is -0.582. The molecule has 2 aromatic heterocycles. The van der Waals surface area contributed by atoms with Gasteiger partial charge in [-0.25, -0.2) is 0 Å². The van der Waals surface area contributed by atoms with Crippen LogP contribution in [-0.2, 0) is 9.53 Å². The number of aromatic nitrogens is 2. The van der Waals surface area contributed by atoms with E-state index in [1.165, 1.54) is 10.5 Å². The van der Waals surface area contributed by atoms with E-state index in [0.29, 0.717) is 24.5 Å². The average Bonchev–Trinajstić information content (AvgIpc) is 3.32. The molecule has 8 heteroatoms. The number of nitrogens with one attached hydrogen (secondary N) is 1. The Labute approximate surface area is 178 Å². The van der Waals surface area contributed by atoms with Crippen molar-refractivity contribution < 1.29 is 14.3 Å². The summed E-state index contributed by atoms with van der Waals surface area (Å²) < 4.78 is 12.7. The molecule has 0 unspecified atom stereocenters. The zero-order chi connectivity index (χ0) is 21.6. The topological polar surface area (TPSA) is 106 Å². The van der Waals surface area contributed by atoms with Crippen LogP contribution >= 0.6 is 0 Å². The second kappa shape index (κ2) is 9.24. The van der Waals surface area contributed by atoms with E-state index in [9.17, 15) is 14.9 Å². The maximum atomic E-state index is 13.1. The third kappa shape index (κ3) is 4.63. The first-order valence-corrected chi connectivity index (χ1v) is 9.91. The fraction of sp³-hybridized carbons (Fsp3) is 0.217. The molecule has 0 aliphatic carbocycles. The first kappa shape index (κ1) is 20.3. The van der Waals surface area contributed by atoms with Gasteiger partial charge in [-0.05, 0) is 43.2 Å². The van der Waals surface area contributed by atoms with Crippen LogP contribution in [0.25, 0.3) is 11.7 Å². The number of rotatable bonds is 6. The maximum absolute atomic E-state index is 13.1. The lowest BCUT2D eigenvalue weighted by Gasteiger charge is -2.11. The second-order valence-corrected chi connectivity index (χ2v) is 6.99. The lowest BCUT2D eigenvalue weighted by atomic mass is 10.1. The molecule has 1 aliphatic heterocycles. The highest BCUT2D eigenvalue weighted by molar-refractivity contribution is 6.01. The quantitative estimate of drug-likeness (QED) is 0.489. The number of ether oxygens (including phenoxy) is 2. The number of amides is 1. The molecule has 0 saturated carbocycles. The van der Waals surface area contributed by atoms with Crippen LogP contribution < -0.4 is 15.6 Å². The summed E-state index contributed by atoms with van der Waals surface area (Å²) in [5.41, 5.74) is -0.268. The Morgan fingerprint density at radius 3 is 2.84 bits per heavy atom. The average molecular weight is 416 g/mol. The van der Waals surface area contributed by atoms with Crippen LogP contribution in [0.3, 0.4) is 0 Å². The predicted molar refractivity (Wildman–Crippen MR) is 114 cm³/mol. The molecule has 0 spiro atoms. The summed E-state index contributed by atoms with van der Waals surface area (Å²) in [6, 6.07) is 15.9. The van der Waals surface area contributed by atoms with Gasteiger partial charge in [0.25, 0.3) is 11.5 Å². The number of fused-ring (bicyclic) bond motifs is 1. The summed E-state index contributed by atoms with van der Waals surface area (Å²) in [5.74, 6) is -0.0889. The number of carbonyl (C=O) groups is 1. The van der Waals surface area contributed by atoms with Crippen molar-refractivity contribution in [3.63, 3.8) is 0 Å². The zero-order valence-corrected chi connectivity index (χ0v) is 16.7. The molecule has 3 heterocycles. The summed E-state index contributed by atoms with van der Waals surface area (Å²) in [5, 5.41) is 12.3. The van der Waals surface area contributed by atoms with Gasteiger partial charge in [0, 0.05) is 19.3 Å². The molecule has 1 aromatic carbocycles. The van der Waals surface area contributed by atoms with Crippen molar-refractivity contribution in [3.05, 3.63) is 76.2 Å². The van der Waals surface area contributed by atoms with E-state index in [1.807, 2.05) is 12.1 Å². The Kier molecular flexibility index (Phi) is 6.05. The largest absolute Gasteiger partial charge is 0.438 e. The van der Waals surface area contributed by atoms with Crippen molar-refractivity contribution in [2.75, 3.05) is 13.2 Å². The summed E-state index contributed by atoms with van der Waals surface area (Å²) in [4.78, 5) is 30.1. The molecular formula is C23H20N4O4. The van der Waals surface area contributed by atoms with Gasteiger partial charge in [-0.2, -0.15) is 10.2 Å². The number of hydrogen-bond acceptors (Lipinski definition) is 6. The molecule has 31 heavy (non-hydrogen) atoms. The van der Waals surface area contributed by atoms with Crippen molar-refractivity contribution in [2.45, 2.75) is 18.9 Å². The van der Waals surface area contributed by atoms with E-state index in [2.05, 4.69) is 10.3 Å². The van der Waals surface area contributed by atoms with Gasteiger partial charge < -0.3 is 14.8 Å². The summed E-state index contributed by atoms with van der Waals surface area (Å²) in [6.45, 7) is 0.974. The molecule has 4 rings (SSSR count). The lowest BCUT2D eigenvalue weighted by molar-refractivity contribution is -0.117. The highest BCUT2D eigenvalue weighted by Gasteiger charge is 2.20. The Morgan fingerprint density at radius 1 is 1.29 bits per heavy atom. The number of carbonyl (C=O) groups excluding carboxylic acids is 1. The lowest BCUT2D eigenvalue weighted by Crippen LogP contribution is -2.32. The van der Waals surface area contributed by atoms with Crippen LogP contribution in [-0.4, -0.2) is 34.5 Å². The van der Waals surface area contributed by atoms with E-state index in [-0.39, 0.29) is 23.1 Å². The van der Waals surface area contributed by atoms with Gasteiger partial charge >= 0.3 is 0 Å². The van der Waals surface area contributed by atoms with Crippen molar-refractivity contribution in [3.8, 4) is 17.7 Å². The molecule has 1 aliphatic rings. The number of hydrogen-bond donors (Lipinski definition) is 1. The molecule has 1 fully saturated rings. The van der Waals surface area contributed by atoms with Crippen LogP contribution in [0.2, 0.25) is 0 Å². The smallest absolute Gasteiger partial charge is 0.269 e. The summed E-state index contributed by atoms with van der Waals surface area (Å²) in [7, 11) is 0. The fourth-order valence-corrected chi connectivity index (χ4v) is 3.28. The van der Waals surface area contributed by atoms with E-state index in [0.717, 1.165) is 12.8 Å². The molecule has 0 bridgehead atoms. The van der Waals surface area contributed by atoms with Crippen LogP contribution in [0, 0.1) is 11.3 Å². The highest BCUT2D eigenvalue weighted by Crippen LogP contribution is 2.23. The third-order valence-corrected chi connectivity index (χ3v) is 4.86. The summed E-state index contributed by atoms with van der Waals surface area (Å²) >= 11 is 0. The number of pyridine rings is 1. The van der Waals surface area contributed by atoms with E-state index in [4.69, 9.17) is 9.47 Å². The molecule has 8 nitrogen and oxygen atoms in total. The Balaban J connectivity index is 1.72. The molecule has 156 valence electrons. The van der Waals surface area contributed by atoms with Crippen molar-refractivity contribution in [1.82, 2.24) is 14.7 Å². The Morgan fingerprint density at radius 2 is 2.10 bits per heavy atom. The van der Waals surface area contributed by atoms with Gasteiger partial charge in [0.1, 0.15) is 28.6 Å². The fourth-order valence-electron chi connectivity index (χ4n) is 3.28. The second-order valence-electron chi connectivity index (χ2n) is 6.99. The van der Waals surface area contributed by atoms with Gasteiger partial charge in [0.05, 0.1) is 6.10 Å². The van der Waals surface area contributed by atoms with E-state index in [1.54, 1.807) is 48.7 Å². The van der Waals surface area contributed by atoms with Gasteiger partial charge in [-0.3, -0.25) is 14.0 Å². The first-order valence-electron chi connectivity index (χ1n) is 9.91. The number of para-hydroxylation sites is 1. The minimum Gasteiger partial charge on any atom is -0.438 e. The first-order chi connectivity index (χ1) is 15.2. The molecule has 1 saturated heterocycles. The van der Waals surface area contributed by atoms with Crippen LogP contribution in [0.15, 0.2) is 65.1 Å². The van der Waals surface area contributed by atoms with Gasteiger partial charge in [-0.15, -0.1) is 0 Å². The summed E-state index contributed by atoms with van der Waals surface area (Å²) in [6.07, 6.45) is 4.53. The van der Waals surface area contributed by atoms with E-state index >= 15 is 0 Å². The van der Waals surface area contributed by atoms with Crippen LogP contribution in [0.5, 0.6) is 11.6 Å². The highest BCUT2D eigenvalue weighted by atomic mass is 16.5. The minimum absolute atomic E-state index is 0.0105. The van der Waals surface area contributed by atoms with Crippen LogP contribution in [0.1, 0.15) is 18.4 Å². The monoisotopic (exact) mass is 416 g/mol. The van der Waals surface area contributed by atoms with E-state index < -0.39 is 11.5 Å². The Hall–Kier alpha value is -3.96. The van der Waals surface area contributed by atoms with Gasteiger partial charge in [0.2, 0.25) is 5.88 Å². The third-order valence-electron chi connectivity index (χ3n) is 4.86. The molecular weight excluding hydrogens is 396 g/mol. The zero-order valence-electron chi connectivity index (χ0n) is 16.7. The van der Waals surface area contributed by atoms with Crippen LogP contribution in [0.4, 0.5) is 0 Å². The van der Waals surface area contributed by atoms with Gasteiger partial charge in [0.15, 0.2) is 0 Å². The normalized spacial score (nSPS) is 16.1. The van der Waals surface area contributed by atoms with Crippen molar-refractivity contribution in [2.24, 2.45) is 0 Å². The molecule has 1 amide bonds. The molecule has 3 aromatic rings. The van der Waals surface area contributed by atoms with Crippen molar-refractivity contribution in [1.29, 1.82) is 5.26 Å².